The van der Waals surface area contributed by atoms with E-state index in [1.54, 1.807) is 0 Å². The molecule has 0 saturated heterocycles. The summed E-state index contributed by atoms with van der Waals surface area (Å²) in [7, 11) is 11.7. The molecule has 0 atom stereocenters. The van der Waals surface area contributed by atoms with Gasteiger partial charge in [-0.1, -0.05) is 138 Å². The van der Waals surface area contributed by atoms with Gasteiger partial charge >= 0.3 is 0 Å². The van der Waals surface area contributed by atoms with E-state index in [1.807, 2.05) is 11.3 Å². The maximum Gasteiger partial charge on any atom is 0.254 e. The summed E-state index contributed by atoms with van der Waals surface area (Å²) < 4.78 is 1.36. The number of anilines is 6. The molecule has 362 valence electrons. The summed E-state index contributed by atoms with van der Waals surface area (Å²) in [5.41, 5.74) is 30.8. The van der Waals surface area contributed by atoms with Crippen LogP contribution in [0.3, 0.4) is 0 Å². The van der Waals surface area contributed by atoms with Gasteiger partial charge in [-0.15, -0.1) is 27.7 Å². The van der Waals surface area contributed by atoms with Crippen LogP contribution in [0, 0.1) is 6.92 Å². The third kappa shape index (κ3) is 7.29. The van der Waals surface area contributed by atoms with Crippen molar-refractivity contribution in [3.05, 3.63) is 118 Å². The fourth-order valence-electron chi connectivity index (χ4n) is 13.7. The van der Waals surface area contributed by atoms with Crippen molar-refractivity contribution in [2.45, 2.75) is 162 Å². The van der Waals surface area contributed by atoms with Crippen molar-refractivity contribution in [3.63, 3.8) is 0 Å². The highest BCUT2D eigenvalue weighted by molar-refractivity contribution is 7.26. The summed E-state index contributed by atoms with van der Waals surface area (Å²) in [6.07, 6.45) is 4.74. The Morgan fingerprint density at radius 1 is 0.486 bits per heavy atom. The molecule has 0 radical (unpaired) electrons. The van der Waals surface area contributed by atoms with Gasteiger partial charge in [0.15, 0.2) is 0 Å². The Bertz CT molecular complexity index is 3460. The number of rotatable bonds is 3. The topological polar surface area (TPSA) is 6.48 Å². The fourth-order valence-corrected chi connectivity index (χ4v) is 15.0. The third-order valence-corrected chi connectivity index (χ3v) is 20.3. The molecule has 0 fully saturated rings. The van der Waals surface area contributed by atoms with Crippen LogP contribution in [0.15, 0.2) is 78.9 Å². The van der Waals surface area contributed by atoms with E-state index in [-0.39, 0.29) is 39.2 Å². The highest BCUT2D eigenvalue weighted by Crippen LogP contribution is 2.54. The van der Waals surface area contributed by atoms with Crippen LogP contribution in [0.1, 0.15) is 162 Å². The average Bonchev–Trinajstić information content (AvgIpc) is 3.68. The molecule has 0 bridgehead atoms. The SMILES string of the molecule is Bc1c(B)c(B)c(-c2cc(C(C)(C)C)ccc2N2c3cc(C)cc4c3B(c3cc5c(cc3N4c3ccc4c(c3)C(C)(C)CCC4(C)C)C(C)(C)CCC5(C)C)c3c2sc2ccc(C(C)(C)C)cc32)c(B)c1B. The quantitative estimate of drug-likeness (QED) is 0.169. The molecule has 3 heterocycles. The van der Waals surface area contributed by atoms with E-state index in [1.165, 1.54) is 163 Å². The summed E-state index contributed by atoms with van der Waals surface area (Å²) in [5, 5.41) is 2.74. The van der Waals surface area contributed by atoms with Crippen LogP contribution in [0.5, 0.6) is 0 Å². The standard InChI is InChI=1S/C63H76B6N2S/c1-33-26-46-56-47(27-33)71(44-20-16-34(58(2,3)4)28-37(44)49-50(64)52(66)54(68)53(67)51(49)65)57-55(38-29-35(59(5,6)7)17-21-48(38)72-57)69(56)43-31-41-42(63(14,15)25-24-62(41,12)13)32-45(43)70(46)36-18-19-39-40(30-36)61(10,11)23-22-60(39,8)9/h16-21,26-32H,22-25,64-68H2,1-15H3. The maximum absolute atomic E-state index is 2.75. The van der Waals surface area contributed by atoms with Gasteiger partial charge in [0, 0.05) is 33.0 Å². The molecule has 2 aliphatic carbocycles. The molecule has 0 N–H and O–H groups in total. The molecule has 2 nitrogen and oxygen atoms in total. The molecule has 4 aliphatic rings. The first kappa shape index (κ1) is 49.5. The lowest BCUT2D eigenvalue weighted by atomic mass is 9.33. The van der Waals surface area contributed by atoms with Crippen LogP contribution in [0.25, 0.3) is 21.2 Å². The number of benzene rings is 6. The molecule has 0 saturated carbocycles. The maximum atomic E-state index is 2.75. The molecule has 0 amide bonds. The van der Waals surface area contributed by atoms with E-state index in [0.29, 0.717) is 0 Å². The first-order valence-electron chi connectivity index (χ1n) is 27.3. The highest BCUT2D eigenvalue weighted by atomic mass is 32.1. The summed E-state index contributed by atoms with van der Waals surface area (Å²) >= 11 is 2.00. The monoisotopic (exact) mass is 959 g/mol. The number of thiophene rings is 1. The van der Waals surface area contributed by atoms with Gasteiger partial charge < -0.3 is 9.80 Å². The molecular formula is C63H76B6N2S. The Labute approximate surface area is 442 Å². The van der Waals surface area contributed by atoms with Crippen molar-refractivity contribution in [1.82, 2.24) is 0 Å². The van der Waals surface area contributed by atoms with Crippen LogP contribution in [-0.2, 0) is 32.5 Å². The predicted molar refractivity (Wildman–Crippen MR) is 335 cm³/mol. The van der Waals surface area contributed by atoms with Crippen LogP contribution in [-0.4, -0.2) is 45.9 Å². The summed E-state index contributed by atoms with van der Waals surface area (Å²) in [5.74, 6) is 0. The molecule has 0 unspecified atom stereocenters. The number of fused-ring (bicyclic) bond motifs is 8. The predicted octanol–water partition coefficient (Wildman–Crippen LogP) is 7.54. The van der Waals surface area contributed by atoms with Crippen molar-refractivity contribution in [2.24, 2.45) is 0 Å². The Hall–Kier alpha value is -4.73. The molecule has 0 spiro atoms. The zero-order chi connectivity index (χ0) is 51.9. The molecule has 1 aromatic heterocycles. The smallest absolute Gasteiger partial charge is 0.254 e. The van der Waals surface area contributed by atoms with Crippen molar-refractivity contribution in [2.75, 3.05) is 9.80 Å². The minimum atomic E-state index is -0.0319. The first-order valence-corrected chi connectivity index (χ1v) is 28.1. The van der Waals surface area contributed by atoms with Crippen molar-refractivity contribution >= 4 is 145 Å². The Balaban J connectivity index is 1.31. The van der Waals surface area contributed by atoms with Gasteiger partial charge in [-0.25, -0.2) is 0 Å². The van der Waals surface area contributed by atoms with Gasteiger partial charge in [-0.3, -0.25) is 0 Å². The summed E-state index contributed by atoms with van der Waals surface area (Å²) in [4.78, 5) is 5.48. The van der Waals surface area contributed by atoms with Crippen molar-refractivity contribution < 1.29 is 0 Å². The fraction of sp³-hybridized carbons (Fsp3) is 0.397. The number of hydrogen-bond donors (Lipinski definition) is 0. The van der Waals surface area contributed by atoms with Gasteiger partial charge in [0.2, 0.25) is 0 Å². The van der Waals surface area contributed by atoms with E-state index in [9.17, 15) is 0 Å². The highest BCUT2D eigenvalue weighted by Gasteiger charge is 2.49. The Morgan fingerprint density at radius 3 is 1.57 bits per heavy atom. The van der Waals surface area contributed by atoms with E-state index < -0.39 is 0 Å². The zero-order valence-electron chi connectivity index (χ0n) is 47.7. The van der Waals surface area contributed by atoms with E-state index >= 15 is 0 Å². The molecule has 11 rings (SSSR count). The first-order chi connectivity index (χ1) is 33.4. The van der Waals surface area contributed by atoms with E-state index in [2.05, 4.69) is 232 Å². The molecule has 72 heavy (non-hydrogen) atoms. The lowest BCUT2D eigenvalue weighted by Gasteiger charge is -2.47. The lowest BCUT2D eigenvalue weighted by molar-refractivity contribution is 0.332. The second-order valence-corrected chi connectivity index (χ2v) is 28.8. The minimum absolute atomic E-state index is 0.00550. The zero-order valence-corrected chi connectivity index (χ0v) is 48.5. The minimum Gasteiger partial charge on any atom is -0.311 e. The molecule has 6 aromatic carbocycles. The van der Waals surface area contributed by atoms with Crippen molar-refractivity contribution in [3.8, 4) is 11.1 Å². The van der Waals surface area contributed by atoms with Gasteiger partial charge in [0.05, 0.1) is 10.7 Å². The van der Waals surface area contributed by atoms with Crippen LogP contribution < -0.4 is 53.5 Å². The van der Waals surface area contributed by atoms with E-state index in [0.717, 1.165) is 0 Å². The van der Waals surface area contributed by atoms with Gasteiger partial charge in [-0.2, -0.15) is 0 Å². The summed E-state index contributed by atoms with van der Waals surface area (Å²) in [6, 6.07) is 33.0. The Kier molecular flexibility index (Phi) is 10.9. The molecule has 9 heteroatoms. The summed E-state index contributed by atoms with van der Waals surface area (Å²) in [6.45, 7) is 36.5. The third-order valence-electron chi connectivity index (χ3n) is 19.1. The second kappa shape index (κ2) is 15.9. The number of aryl methyl sites for hydroxylation is 1. The van der Waals surface area contributed by atoms with Crippen LogP contribution in [0.4, 0.5) is 33.4 Å². The molecular weight excluding hydrogens is 882 g/mol. The molecule has 7 aromatic rings. The second-order valence-electron chi connectivity index (χ2n) is 27.8. The largest absolute Gasteiger partial charge is 0.311 e. The van der Waals surface area contributed by atoms with Gasteiger partial charge in [0.25, 0.3) is 6.71 Å². The number of nitrogens with zero attached hydrogens (tertiary/aromatic N) is 2. The number of hydrogen-bond acceptors (Lipinski definition) is 3. The van der Waals surface area contributed by atoms with Crippen LogP contribution in [0.2, 0.25) is 0 Å². The van der Waals surface area contributed by atoms with E-state index in [4.69, 9.17) is 0 Å². The van der Waals surface area contributed by atoms with Gasteiger partial charge in [0.1, 0.15) is 39.2 Å². The normalized spacial score (nSPS) is 18.1. The molecule has 2 aliphatic heterocycles. The van der Waals surface area contributed by atoms with Crippen LogP contribution >= 0.6 is 11.3 Å². The van der Waals surface area contributed by atoms with Crippen molar-refractivity contribution in [1.29, 1.82) is 0 Å². The lowest BCUT2D eigenvalue weighted by Crippen LogP contribution is -2.61. The average molecular weight is 958 g/mol. The Morgan fingerprint density at radius 2 is 0.986 bits per heavy atom. The van der Waals surface area contributed by atoms with Gasteiger partial charge in [-0.05, 0) is 180 Å².